The molecule has 2 atom stereocenters. The van der Waals surface area contributed by atoms with Gasteiger partial charge in [0.2, 0.25) is 0 Å². The second kappa shape index (κ2) is 7.81. The topological polar surface area (TPSA) is 73.4 Å². The first-order chi connectivity index (χ1) is 14.4. The Morgan fingerprint density at radius 2 is 1.77 bits per heavy atom. The molecule has 0 bridgehead atoms. The smallest absolute Gasteiger partial charge is 0.162 e. The first-order valence-electron chi connectivity index (χ1n) is 10.2. The minimum absolute atomic E-state index is 0.0868. The molecular formula is C25H26N4O. The number of carbonyl (C=O) groups excluding carboxylic acids is 1. The van der Waals surface area contributed by atoms with Gasteiger partial charge in [0.25, 0.3) is 0 Å². The Labute approximate surface area is 177 Å². The molecule has 0 spiro atoms. The molecule has 5 nitrogen and oxygen atoms in total. The van der Waals surface area contributed by atoms with Crippen molar-refractivity contribution < 1.29 is 4.79 Å². The summed E-state index contributed by atoms with van der Waals surface area (Å²) in [6.07, 6.45) is 1.13. The molecule has 4 rings (SSSR count). The lowest BCUT2D eigenvalue weighted by atomic mass is 9.72. The number of hydrazine groups is 1. The SMILES string of the molecule is Cc1cccc([C@@H]2C(C#N)=C(N)N(N(C)C)C3=C2C(=O)C[C@H](c2ccccc2)C3)c1. The van der Waals surface area contributed by atoms with E-state index in [1.54, 1.807) is 0 Å². The molecule has 0 fully saturated rings. The van der Waals surface area contributed by atoms with Gasteiger partial charge in [0.15, 0.2) is 5.78 Å². The van der Waals surface area contributed by atoms with Crippen LogP contribution in [0.5, 0.6) is 0 Å². The Hall–Kier alpha value is -3.36. The zero-order valence-electron chi connectivity index (χ0n) is 17.6. The average Bonchev–Trinajstić information content (AvgIpc) is 2.73. The van der Waals surface area contributed by atoms with Crippen molar-refractivity contribution in [3.8, 4) is 6.07 Å². The number of benzene rings is 2. The van der Waals surface area contributed by atoms with E-state index in [0.717, 1.165) is 22.4 Å². The van der Waals surface area contributed by atoms with Gasteiger partial charge in [0, 0.05) is 31.8 Å². The molecule has 2 aromatic rings. The monoisotopic (exact) mass is 398 g/mol. The second-order valence-electron chi connectivity index (χ2n) is 8.22. The summed E-state index contributed by atoms with van der Waals surface area (Å²) in [7, 11) is 3.77. The van der Waals surface area contributed by atoms with Gasteiger partial charge in [-0.3, -0.25) is 9.80 Å². The van der Waals surface area contributed by atoms with Crippen LogP contribution in [0.15, 0.2) is 77.3 Å². The van der Waals surface area contributed by atoms with Gasteiger partial charge < -0.3 is 5.73 Å². The number of rotatable bonds is 3. The van der Waals surface area contributed by atoms with Crippen LogP contribution >= 0.6 is 0 Å². The molecule has 0 radical (unpaired) electrons. The molecule has 0 amide bonds. The van der Waals surface area contributed by atoms with Crippen LogP contribution in [0.2, 0.25) is 0 Å². The summed E-state index contributed by atoms with van der Waals surface area (Å²) in [6, 6.07) is 20.5. The van der Waals surface area contributed by atoms with Crippen LogP contribution in [-0.4, -0.2) is 29.9 Å². The van der Waals surface area contributed by atoms with E-state index in [0.29, 0.717) is 29.8 Å². The Balaban J connectivity index is 1.90. The van der Waals surface area contributed by atoms with Gasteiger partial charge in [-0.1, -0.05) is 60.2 Å². The molecule has 1 aliphatic heterocycles. The summed E-state index contributed by atoms with van der Waals surface area (Å²) in [5.74, 6) is 0.151. The number of nitriles is 1. The summed E-state index contributed by atoms with van der Waals surface area (Å²) in [5.41, 5.74) is 11.7. The molecule has 2 N–H and O–H groups in total. The molecule has 2 aromatic carbocycles. The highest BCUT2D eigenvalue weighted by Gasteiger charge is 2.43. The minimum atomic E-state index is -0.426. The normalized spacial score (nSPS) is 21.7. The first-order valence-corrected chi connectivity index (χ1v) is 10.2. The van der Waals surface area contributed by atoms with E-state index >= 15 is 0 Å². The number of hydrogen-bond donors (Lipinski definition) is 1. The highest BCUT2D eigenvalue weighted by Crippen LogP contribution is 2.48. The Morgan fingerprint density at radius 3 is 2.40 bits per heavy atom. The van der Waals surface area contributed by atoms with Gasteiger partial charge in [0.05, 0.1) is 17.6 Å². The number of ketones is 1. The number of nitrogens with two attached hydrogens (primary N) is 1. The van der Waals surface area contributed by atoms with E-state index < -0.39 is 5.92 Å². The van der Waals surface area contributed by atoms with Crippen LogP contribution in [0.1, 0.15) is 41.4 Å². The van der Waals surface area contributed by atoms with Crippen molar-refractivity contribution in [2.45, 2.75) is 31.6 Å². The predicted octanol–water partition coefficient (Wildman–Crippen LogP) is 3.97. The Bertz CT molecular complexity index is 1090. The fraction of sp³-hybridized carbons (Fsp3) is 0.280. The molecule has 1 aliphatic carbocycles. The van der Waals surface area contributed by atoms with Gasteiger partial charge in [-0.25, -0.2) is 5.01 Å². The predicted molar refractivity (Wildman–Crippen MR) is 117 cm³/mol. The van der Waals surface area contributed by atoms with E-state index in [4.69, 9.17) is 5.73 Å². The third-order valence-corrected chi connectivity index (χ3v) is 5.99. The van der Waals surface area contributed by atoms with Gasteiger partial charge in [-0.15, -0.1) is 0 Å². The molecule has 5 heteroatoms. The summed E-state index contributed by atoms with van der Waals surface area (Å²) in [6.45, 7) is 2.01. The third-order valence-electron chi connectivity index (χ3n) is 5.99. The number of nitrogens with zero attached hydrogens (tertiary/aromatic N) is 3. The summed E-state index contributed by atoms with van der Waals surface area (Å²) < 4.78 is 0. The summed E-state index contributed by atoms with van der Waals surface area (Å²) >= 11 is 0. The fourth-order valence-corrected chi connectivity index (χ4v) is 4.71. The highest BCUT2D eigenvalue weighted by molar-refractivity contribution is 6.00. The van der Waals surface area contributed by atoms with Crippen molar-refractivity contribution in [2.75, 3.05) is 14.1 Å². The van der Waals surface area contributed by atoms with E-state index in [2.05, 4.69) is 18.2 Å². The number of allylic oxidation sites excluding steroid dienone is 3. The molecule has 30 heavy (non-hydrogen) atoms. The zero-order valence-corrected chi connectivity index (χ0v) is 17.6. The van der Waals surface area contributed by atoms with Crippen molar-refractivity contribution in [3.05, 3.63) is 94.0 Å². The average molecular weight is 399 g/mol. The molecular weight excluding hydrogens is 372 g/mol. The number of Topliss-reactive ketones (excluding diaryl/α,β-unsaturated/α-hetero) is 1. The van der Waals surface area contributed by atoms with Crippen molar-refractivity contribution in [2.24, 2.45) is 5.73 Å². The van der Waals surface area contributed by atoms with Crippen LogP contribution < -0.4 is 5.73 Å². The lowest BCUT2D eigenvalue weighted by Gasteiger charge is -2.43. The molecule has 0 saturated heterocycles. The molecule has 2 aliphatic rings. The van der Waals surface area contributed by atoms with Gasteiger partial charge in [-0.2, -0.15) is 5.26 Å². The maximum Gasteiger partial charge on any atom is 0.162 e. The minimum Gasteiger partial charge on any atom is -0.383 e. The Morgan fingerprint density at radius 1 is 1.07 bits per heavy atom. The maximum atomic E-state index is 13.5. The van der Waals surface area contributed by atoms with Crippen molar-refractivity contribution >= 4 is 5.78 Å². The van der Waals surface area contributed by atoms with Crippen LogP contribution in [0.3, 0.4) is 0 Å². The molecule has 1 heterocycles. The van der Waals surface area contributed by atoms with Crippen LogP contribution in [0.4, 0.5) is 0 Å². The van der Waals surface area contributed by atoms with E-state index in [1.807, 2.05) is 73.5 Å². The molecule has 0 unspecified atom stereocenters. The zero-order chi connectivity index (χ0) is 21.4. The van der Waals surface area contributed by atoms with Crippen molar-refractivity contribution in [1.29, 1.82) is 5.26 Å². The third kappa shape index (κ3) is 3.30. The largest absolute Gasteiger partial charge is 0.383 e. The second-order valence-corrected chi connectivity index (χ2v) is 8.22. The van der Waals surface area contributed by atoms with Gasteiger partial charge in [-0.05, 0) is 30.4 Å². The molecule has 0 saturated carbocycles. The number of carbonyl (C=O) groups is 1. The maximum absolute atomic E-state index is 13.5. The Kier molecular flexibility index (Phi) is 5.19. The summed E-state index contributed by atoms with van der Waals surface area (Å²) in [4.78, 5) is 13.5. The standard InChI is InChI=1S/C25H26N4O/c1-16-8-7-11-18(12-16)23-20(15-26)25(27)29(28(2)3)21-13-19(14-22(30)24(21)23)17-9-5-4-6-10-17/h4-12,19,23H,13-14,27H2,1-3H3/t19-,23-/m1/s1. The molecule has 0 aromatic heterocycles. The number of aryl methyl sites for hydroxylation is 1. The van der Waals surface area contributed by atoms with Crippen LogP contribution in [-0.2, 0) is 4.79 Å². The van der Waals surface area contributed by atoms with Gasteiger partial charge >= 0.3 is 0 Å². The van der Waals surface area contributed by atoms with Crippen molar-refractivity contribution in [1.82, 2.24) is 10.0 Å². The van der Waals surface area contributed by atoms with Crippen LogP contribution in [0, 0.1) is 18.3 Å². The first kappa shape index (κ1) is 19.9. The number of hydrogen-bond acceptors (Lipinski definition) is 5. The van der Waals surface area contributed by atoms with E-state index in [-0.39, 0.29) is 11.7 Å². The van der Waals surface area contributed by atoms with Crippen LogP contribution in [0.25, 0.3) is 0 Å². The summed E-state index contributed by atoms with van der Waals surface area (Å²) in [5, 5.41) is 13.7. The quantitative estimate of drug-likeness (QED) is 0.847. The van der Waals surface area contributed by atoms with E-state index in [1.165, 1.54) is 0 Å². The van der Waals surface area contributed by atoms with E-state index in [9.17, 15) is 10.1 Å². The van der Waals surface area contributed by atoms with Crippen molar-refractivity contribution in [3.63, 3.8) is 0 Å². The fourth-order valence-electron chi connectivity index (χ4n) is 4.71. The molecule has 152 valence electrons. The van der Waals surface area contributed by atoms with Gasteiger partial charge in [0.1, 0.15) is 5.82 Å². The highest BCUT2D eigenvalue weighted by atomic mass is 16.1. The lowest BCUT2D eigenvalue weighted by Crippen LogP contribution is -2.46. The lowest BCUT2D eigenvalue weighted by molar-refractivity contribution is -0.117.